The highest BCUT2D eigenvalue weighted by Crippen LogP contribution is 2.29. The Bertz CT molecular complexity index is 957. The van der Waals surface area contributed by atoms with Gasteiger partial charge in [-0.1, -0.05) is 6.08 Å². The molecule has 0 spiro atoms. The van der Waals surface area contributed by atoms with Crippen molar-refractivity contribution in [3.05, 3.63) is 55.1 Å². The van der Waals surface area contributed by atoms with Gasteiger partial charge in [0.05, 0.1) is 38.5 Å². The molecular weight excluding hydrogens is 396 g/mol. The van der Waals surface area contributed by atoms with Crippen molar-refractivity contribution in [2.24, 2.45) is 0 Å². The molecule has 0 unspecified atom stereocenters. The molecule has 0 fully saturated rings. The third kappa shape index (κ3) is 5.49. The molecule has 1 amide bonds. The van der Waals surface area contributed by atoms with Gasteiger partial charge in [-0.2, -0.15) is 4.31 Å². The molecule has 0 heterocycles. The van der Waals surface area contributed by atoms with Gasteiger partial charge in [0.15, 0.2) is 0 Å². The van der Waals surface area contributed by atoms with Crippen molar-refractivity contribution in [1.29, 1.82) is 0 Å². The lowest BCUT2D eigenvalue weighted by Crippen LogP contribution is -2.38. The maximum absolute atomic E-state index is 12.9. The first kappa shape index (κ1) is 22.3. The van der Waals surface area contributed by atoms with Crippen molar-refractivity contribution in [3.63, 3.8) is 0 Å². The Balaban J connectivity index is 2.21. The number of carbonyl (C=O) groups is 1. The van der Waals surface area contributed by atoms with Crippen LogP contribution in [0.5, 0.6) is 17.2 Å². The molecule has 9 heteroatoms. The third-order valence-electron chi connectivity index (χ3n) is 4.03. The van der Waals surface area contributed by atoms with Gasteiger partial charge in [-0.05, 0) is 36.4 Å². The molecule has 2 aromatic carbocycles. The first-order valence-corrected chi connectivity index (χ1v) is 10.1. The lowest BCUT2D eigenvalue weighted by molar-refractivity contribution is -0.116. The predicted octanol–water partition coefficient (Wildman–Crippen LogP) is 2.53. The fourth-order valence-electron chi connectivity index (χ4n) is 2.54. The molecule has 8 nitrogen and oxygen atoms in total. The quantitative estimate of drug-likeness (QED) is 0.594. The molecule has 0 aliphatic rings. The summed E-state index contributed by atoms with van der Waals surface area (Å²) in [6, 6.07) is 10.8. The van der Waals surface area contributed by atoms with Crippen LogP contribution in [0, 0.1) is 0 Å². The first-order valence-electron chi connectivity index (χ1n) is 8.62. The van der Waals surface area contributed by atoms with Gasteiger partial charge in [-0.15, -0.1) is 6.58 Å². The van der Waals surface area contributed by atoms with Crippen molar-refractivity contribution in [2.45, 2.75) is 4.90 Å². The van der Waals surface area contributed by atoms with Crippen molar-refractivity contribution in [1.82, 2.24) is 4.31 Å². The van der Waals surface area contributed by atoms with Crippen LogP contribution < -0.4 is 19.5 Å². The topological polar surface area (TPSA) is 94.2 Å². The molecule has 2 aromatic rings. The Hall–Kier alpha value is -3.04. The van der Waals surface area contributed by atoms with Crippen LogP contribution in [0.15, 0.2) is 60.0 Å². The summed E-state index contributed by atoms with van der Waals surface area (Å²) in [6.07, 6.45) is 1.42. The van der Waals surface area contributed by atoms with Crippen LogP contribution in [0.2, 0.25) is 0 Å². The van der Waals surface area contributed by atoms with Crippen LogP contribution in [0.25, 0.3) is 0 Å². The van der Waals surface area contributed by atoms with Gasteiger partial charge < -0.3 is 19.5 Å². The molecule has 0 atom stereocenters. The zero-order valence-electron chi connectivity index (χ0n) is 16.5. The summed E-state index contributed by atoms with van der Waals surface area (Å²) < 4.78 is 42.3. The van der Waals surface area contributed by atoms with Crippen LogP contribution >= 0.6 is 0 Å². The summed E-state index contributed by atoms with van der Waals surface area (Å²) in [4.78, 5) is 12.6. The van der Waals surface area contributed by atoms with Crippen LogP contribution in [-0.4, -0.2) is 53.0 Å². The summed E-state index contributed by atoms with van der Waals surface area (Å²) in [7, 11) is 0.563. The number of hydrogen-bond acceptors (Lipinski definition) is 6. The number of rotatable bonds is 10. The lowest BCUT2D eigenvalue weighted by atomic mass is 10.2. The molecule has 0 radical (unpaired) electrons. The number of hydrogen-bond donors (Lipinski definition) is 1. The number of anilines is 1. The molecule has 156 valence electrons. The van der Waals surface area contributed by atoms with Crippen LogP contribution in [0.1, 0.15) is 0 Å². The Labute approximate surface area is 170 Å². The molecular formula is C20H24N2O6S. The smallest absolute Gasteiger partial charge is 0.243 e. The maximum atomic E-state index is 12.9. The Morgan fingerprint density at radius 1 is 1.03 bits per heavy atom. The Kier molecular flexibility index (Phi) is 7.63. The fourth-order valence-corrected chi connectivity index (χ4v) is 3.91. The molecule has 0 aliphatic heterocycles. The number of nitrogens with zero attached hydrogens (tertiary/aromatic N) is 1. The zero-order chi connectivity index (χ0) is 21.4. The van der Waals surface area contributed by atoms with Gasteiger partial charge in [-0.25, -0.2) is 8.42 Å². The number of sulfonamides is 1. The summed E-state index contributed by atoms with van der Waals surface area (Å²) in [6.45, 7) is 3.16. The second-order valence-corrected chi connectivity index (χ2v) is 7.81. The first-order chi connectivity index (χ1) is 13.8. The van der Waals surface area contributed by atoms with E-state index in [-0.39, 0.29) is 11.4 Å². The molecule has 1 N–H and O–H groups in total. The highest BCUT2D eigenvalue weighted by molar-refractivity contribution is 7.89. The second-order valence-electron chi connectivity index (χ2n) is 5.88. The van der Waals surface area contributed by atoms with E-state index in [9.17, 15) is 13.2 Å². The summed E-state index contributed by atoms with van der Waals surface area (Å²) in [5.41, 5.74) is 0.402. The van der Waals surface area contributed by atoms with Crippen molar-refractivity contribution in [2.75, 3.05) is 39.7 Å². The minimum absolute atomic E-state index is 0.0263. The average Bonchev–Trinajstić information content (AvgIpc) is 2.73. The van der Waals surface area contributed by atoms with E-state index in [1.807, 2.05) is 0 Å². The molecule has 2 rings (SSSR count). The second kappa shape index (κ2) is 9.94. The minimum atomic E-state index is -3.91. The number of nitrogens with one attached hydrogen (secondary N) is 1. The Morgan fingerprint density at radius 3 is 2.21 bits per heavy atom. The van der Waals surface area contributed by atoms with E-state index in [2.05, 4.69) is 11.9 Å². The number of carbonyl (C=O) groups excluding carboxylic acids is 1. The van der Waals surface area contributed by atoms with E-state index < -0.39 is 22.5 Å². The normalized spacial score (nSPS) is 11.0. The number of ether oxygens (including phenoxy) is 3. The van der Waals surface area contributed by atoms with Crippen LogP contribution in [-0.2, 0) is 14.8 Å². The zero-order valence-corrected chi connectivity index (χ0v) is 17.4. The van der Waals surface area contributed by atoms with E-state index in [4.69, 9.17) is 14.2 Å². The monoisotopic (exact) mass is 420 g/mol. The third-order valence-corrected chi connectivity index (χ3v) is 5.86. The van der Waals surface area contributed by atoms with Gasteiger partial charge in [0.25, 0.3) is 0 Å². The summed E-state index contributed by atoms with van der Waals surface area (Å²) >= 11 is 0. The highest BCUT2D eigenvalue weighted by atomic mass is 32.2. The van der Waals surface area contributed by atoms with Gasteiger partial charge in [0, 0.05) is 12.6 Å². The van der Waals surface area contributed by atoms with E-state index in [1.54, 1.807) is 30.3 Å². The lowest BCUT2D eigenvalue weighted by Gasteiger charge is -2.21. The van der Waals surface area contributed by atoms with Gasteiger partial charge in [-0.3, -0.25) is 4.79 Å². The van der Waals surface area contributed by atoms with Crippen molar-refractivity contribution >= 4 is 21.6 Å². The summed E-state index contributed by atoms with van der Waals surface area (Å²) in [5, 5.41) is 2.66. The van der Waals surface area contributed by atoms with E-state index in [0.717, 1.165) is 4.31 Å². The maximum Gasteiger partial charge on any atom is 0.243 e. The van der Waals surface area contributed by atoms with Gasteiger partial charge in [0.2, 0.25) is 15.9 Å². The number of amides is 1. The molecule has 29 heavy (non-hydrogen) atoms. The predicted molar refractivity (Wildman–Crippen MR) is 110 cm³/mol. The minimum Gasteiger partial charge on any atom is -0.497 e. The number of methoxy groups -OCH3 is 3. The standard InChI is InChI=1S/C20H24N2O6S/c1-5-12-22(29(24,25)17-9-6-15(26-2)7-10-17)14-20(23)21-18-11-8-16(27-3)13-19(18)28-4/h5-11,13H,1,12,14H2,2-4H3,(H,21,23). The van der Waals surface area contributed by atoms with Crippen molar-refractivity contribution < 1.29 is 27.4 Å². The van der Waals surface area contributed by atoms with E-state index in [0.29, 0.717) is 22.9 Å². The van der Waals surface area contributed by atoms with Gasteiger partial charge in [0.1, 0.15) is 17.2 Å². The van der Waals surface area contributed by atoms with Crippen LogP contribution in [0.3, 0.4) is 0 Å². The van der Waals surface area contributed by atoms with Gasteiger partial charge >= 0.3 is 0 Å². The van der Waals surface area contributed by atoms with E-state index in [1.165, 1.54) is 39.5 Å². The fraction of sp³-hybridized carbons (Fsp3) is 0.250. The van der Waals surface area contributed by atoms with Crippen LogP contribution in [0.4, 0.5) is 5.69 Å². The summed E-state index contributed by atoms with van der Waals surface area (Å²) in [5.74, 6) is 0.970. The molecule has 0 aliphatic carbocycles. The molecule has 0 aromatic heterocycles. The largest absolute Gasteiger partial charge is 0.497 e. The SMILES string of the molecule is C=CCN(CC(=O)Nc1ccc(OC)cc1OC)S(=O)(=O)c1ccc(OC)cc1. The highest BCUT2D eigenvalue weighted by Gasteiger charge is 2.26. The molecule has 0 bridgehead atoms. The average molecular weight is 420 g/mol. The van der Waals surface area contributed by atoms with Crippen molar-refractivity contribution in [3.8, 4) is 17.2 Å². The number of benzene rings is 2. The van der Waals surface area contributed by atoms with E-state index >= 15 is 0 Å². The molecule has 0 saturated carbocycles. The Morgan fingerprint density at radius 2 is 1.66 bits per heavy atom. The molecule has 0 saturated heterocycles.